The van der Waals surface area contributed by atoms with E-state index in [0.29, 0.717) is 23.3 Å². The van der Waals surface area contributed by atoms with E-state index in [2.05, 4.69) is 273 Å². The van der Waals surface area contributed by atoms with Crippen molar-refractivity contribution in [3.8, 4) is 135 Å². The summed E-state index contributed by atoms with van der Waals surface area (Å²) in [6.07, 6.45) is 0. The van der Waals surface area contributed by atoms with Crippen LogP contribution in [0.4, 0.5) is 0 Å². The molecule has 0 atom stereocenters. The van der Waals surface area contributed by atoms with Gasteiger partial charge in [0.15, 0.2) is 23.3 Å². The molecule has 4 heterocycles. The summed E-state index contributed by atoms with van der Waals surface area (Å²) in [6.45, 7) is 0. The third kappa shape index (κ3) is 8.39. The zero-order valence-electron chi connectivity index (χ0n) is 52.8. The Kier molecular flexibility index (Phi) is 12.3. The molecule has 7 nitrogen and oxygen atoms in total. The van der Waals surface area contributed by atoms with E-state index in [1.807, 2.05) is 60.7 Å². The molecule has 2 aliphatic heterocycles. The van der Waals surface area contributed by atoms with Crippen LogP contribution in [-0.2, 0) is 10.8 Å². The number of rotatable bonds is 8. The van der Waals surface area contributed by atoms with Gasteiger partial charge in [0.05, 0.1) is 22.0 Å². The minimum Gasteiger partial charge on any atom is -0.457 e. The molecule has 2 aromatic heterocycles. The number of hydrogen-bond acceptors (Lipinski definition) is 7. The molecule has 7 heteroatoms. The lowest BCUT2D eigenvalue weighted by Gasteiger charge is -2.39. The van der Waals surface area contributed by atoms with Gasteiger partial charge in [0.1, 0.15) is 23.0 Å². The van der Waals surface area contributed by atoms with E-state index >= 15 is 0 Å². The molecule has 0 saturated carbocycles. The van der Waals surface area contributed by atoms with Crippen molar-refractivity contribution in [3.63, 3.8) is 0 Å². The Morgan fingerprint density at radius 3 is 1.00 bits per heavy atom. The molecule has 0 fully saturated rings. The van der Waals surface area contributed by atoms with Crippen molar-refractivity contribution < 1.29 is 9.47 Å². The van der Waals surface area contributed by atoms with Crippen molar-refractivity contribution in [2.75, 3.05) is 0 Å². The summed E-state index contributed by atoms with van der Waals surface area (Å²) in [7, 11) is 0. The number of nitrogens with zero attached hydrogens (tertiary/aromatic N) is 5. The maximum Gasteiger partial charge on any atom is 0.164 e. The molecule has 14 aromatic carbocycles. The number of fused-ring (bicyclic) bond motifs is 19. The minimum absolute atomic E-state index is 0.612. The van der Waals surface area contributed by atoms with Crippen LogP contribution in [0.3, 0.4) is 0 Å². The predicted molar refractivity (Wildman–Crippen MR) is 391 cm³/mol. The topological polar surface area (TPSA) is 82.9 Å². The average Bonchev–Trinajstić information content (AvgIpc) is 1.49. The second-order valence-electron chi connectivity index (χ2n) is 25.7. The molecule has 4 aliphatic rings. The summed E-state index contributed by atoms with van der Waals surface area (Å²) in [6, 6.07) is 119. The van der Waals surface area contributed by atoms with Gasteiger partial charge >= 0.3 is 0 Å². The summed E-state index contributed by atoms with van der Waals surface area (Å²) in [4.78, 5) is 26.3. The molecule has 0 amide bonds. The Morgan fingerprint density at radius 1 is 0.194 bits per heavy atom. The largest absolute Gasteiger partial charge is 0.457 e. The molecule has 20 rings (SSSR count). The van der Waals surface area contributed by atoms with Gasteiger partial charge in [-0.25, -0.2) is 24.9 Å². The van der Waals surface area contributed by atoms with Crippen LogP contribution in [0.2, 0.25) is 0 Å². The van der Waals surface area contributed by atoms with Crippen LogP contribution in [0, 0.1) is 0 Å². The van der Waals surface area contributed by atoms with Crippen LogP contribution in [-0.4, -0.2) is 24.9 Å². The predicted octanol–water partition coefficient (Wildman–Crippen LogP) is 22.1. The van der Waals surface area contributed by atoms with Gasteiger partial charge in [-0.1, -0.05) is 279 Å². The van der Waals surface area contributed by atoms with Crippen LogP contribution in [0.25, 0.3) is 123 Å². The van der Waals surface area contributed by atoms with Gasteiger partial charge < -0.3 is 9.47 Å². The second kappa shape index (κ2) is 21.8. The summed E-state index contributed by atoms with van der Waals surface area (Å²) in [5.74, 6) is 5.89. The molecule has 98 heavy (non-hydrogen) atoms. The van der Waals surface area contributed by atoms with Crippen LogP contribution < -0.4 is 9.47 Å². The fourth-order valence-electron chi connectivity index (χ4n) is 16.1. The highest BCUT2D eigenvalue weighted by molar-refractivity contribution is 5.99. The van der Waals surface area contributed by atoms with Gasteiger partial charge in [0.2, 0.25) is 0 Å². The maximum absolute atomic E-state index is 6.89. The molecule has 16 aromatic rings. The number of hydrogen-bond donors (Lipinski definition) is 0. The van der Waals surface area contributed by atoms with E-state index in [-0.39, 0.29) is 0 Å². The first-order valence-corrected chi connectivity index (χ1v) is 33.3. The lowest BCUT2D eigenvalue weighted by Crippen LogP contribution is -2.32. The van der Waals surface area contributed by atoms with Crippen LogP contribution in [0.1, 0.15) is 44.5 Å². The van der Waals surface area contributed by atoms with Gasteiger partial charge in [0.25, 0.3) is 0 Å². The molecule has 2 spiro atoms. The van der Waals surface area contributed by atoms with Crippen molar-refractivity contribution >= 4 is 10.9 Å². The zero-order chi connectivity index (χ0) is 64.5. The molecular weight excluding hydrogens is 1200 g/mol. The standard InChI is InChI=1S/C91H55N5O2/c1-4-20-56(21-5-1)57-36-40-59(41-37-57)85-71-52-63(47-51-80(71)92-89(93-85)66-46-50-68-67-26-10-11-27-72(67)90(79(68)55-66)73-28-12-16-32-81(73)97-82-33-17-13-29-74(82)90)65-45-49-70-69-48-44-64(53-77(69)91(78(70)54-65)75-30-14-18-34-83(75)98-84-35-19-15-31-76(84)91)58-38-42-62(43-39-58)88-95-86(60-22-6-2-7-23-60)94-87(96-88)61-24-8-3-9-25-61/h1-55H. The Balaban J connectivity index is 0.731. The quantitative estimate of drug-likeness (QED) is 0.150. The molecule has 456 valence electrons. The van der Waals surface area contributed by atoms with Gasteiger partial charge in [-0.3, -0.25) is 0 Å². The zero-order valence-corrected chi connectivity index (χ0v) is 52.8. The van der Waals surface area contributed by atoms with E-state index in [4.69, 9.17) is 34.4 Å². The SMILES string of the molecule is c1ccc(-c2ccc(-c3nc(-c4ccc5c(c4)C4(c6ccccc6Oc6ccccc64)c4ccccc4-5)nc4ccc(-c5ccc6c(c5)C5(c7ccccc7Oc7ccccc75)c5cc(-c7ccc(-c8nc(-c9ccccc9)nc(-c9ccccc9)n8)cc7)ccc5-6)cc34)cc2)cc1. The van der Waals surface area contributed by atoms with Gasteiger partial charge in [-0.05, 0) is 132 Å². The number of para-hydroxylation sites is 4. The van der Waals surface area contributed by atoms with Crippen molar-refractivity contribution in [3.05, 3.63) is 378 Å². The van der Waals surface area contributed by atoms with Crippen LogP contribution in [0.5, 0.6) is 23.0 Å². The minimum atomic E-state index is -0.750. The van der Waals surface area contributed by atoms with E-state index in [1.165, 1.54) is 44.5 Å². The lowest BCUT2D eigenvalue weighted by molar-refractivity contribution is 0.436. The third-order valence-corrected chi connectivity index (χ3v) is 20.5. The monoisotopic (exact) mass is 1250 g/mol. The van der Waals surface area contributed by atoms with Crippen LogP contribution >= 0.6 is 0 Å². The highest BCUT2D eigenvalue weighted by Crippen LogP contribution is 2.65. The number of aromatic nitrogens is 5. The summed E-state index contributed by atoms with van der Waals surface area (Å²) in [5.41, 5.74) is 25.5. The highest BCUT2D eigenvalue weighted by atomic mass is 16.5. The van der Waals surface area contributed by atoms with Gasteiger partial charge in [0, 0.05) is 55.5 Å². The van der Waals surface area contributed by atoms with Crippen LogP contribution in [0.15, 0.2) is 334 Å². The molecule has 0 bridgehead atoms. The second-order valence-corrected chi connectivity index (χ2v) is 25.7. The Morgan fingerprint density at radius 2 is 0.500 bits per heavy atom. The van der Waals surface area contributed by atoms with Crippen molar-refractivity contribution in [1.29, 1.82) is 0 Å². The molecule has 0 radical (unpaired) electrons. The molecule has 2 aliphatic carbocycles. The fraction of sp³-hybridized carbons (Fsp3) is 0.0220. The maximum atomic E-state index is 6.89. The number of ether oxygens (including phenoxy) is 2. The lowest BCUT2D eigenvalue weighted by atomic mass is 9.65. The Hall–Kier alpha value is -13.0. The van der Waals surface area contributed by atoms with E-state index in [9.17, 15) is 0 Å². The first kappa shape index (κ1) is 55.5. The average molecular weight is 1250 g/mol. The first-order valence-electron chi connectivity index (χ1n) is 33.3. The normalized spacial score (nSPS) is 13.4. The number of benzene rings is 14. The molecular formula is C91H55N5O2. The fourth-order valence-corrected chi connectivity index (χ4v) is 16.1. The Bertz CT molecular complexity index is 5780. The van der Waals surface area contributed by atoms with Gasteiger partial charge in [-0.2, -0.15) is 0 Å². The smallest absolute Gasteiger partial charge is 0.164 e. The molecule has 0 unspecified atom stereocenters. The van der Waals surface area contributed by atoms with E-state index < -0.39 is 10.8 Å². The third-order valence-electron chi connectivity index (χ3n) is 20.5. The van der Waals surface area contributed by atoms with Crippen molar-refractivity contribution in [2.24, 2.45) is 0 Å². The Labute approximate surface area is 566 Å². The summed E-state index contributed by atoms with van der Waals surface area (Å²) >= 11 is 0. The van der Waals surface area contributed by atoms with Crippen molar-refractivity contribution in [2.45, 2.75) is 10.8 Å². The highest BCUT2D eigenvalue weighted by Gasteiger charge is 2.53. The van der Waals surface area contributed by atoms with Gasteiger partial charge in [-0.15, -0.1) is 0 Å². The van der Waals surface area contributed by atoms with E-state index in [1.54, 1.807) is 0 Å². The first-order chi connectivity index (χ1) is 48.5. The summed E-state index contributed by atoms with van der Waals surface area (Å²) in [5, 5.41) is 0.954. The van der Waals surface area contributed by atoms with E-state index in [0.717, 1.165) is 123 Å². The molecule has 0 N–H and O–H groups in total. The van der Waals surface area contributed by atoms with Crippen molar-refractivity contribution in [1.82, 2.24) is 24.9 Å². The summed E-state index contributed by atoms with van der Waals surface area (Å²) < 4.78 is 13.6. The molecule has 0 saturated heterocycles.